The summed E-state index contributed by atoms with van der Waals surface area (Å²) in [5, 5.41) is 0. The van der Waals surface area contributed by atoms with Crippen molar-refractivity contribution in [3.05, 3.63) is 77.9 Å². The van der Waals surface area contributed by atoms with Gasteiger partial charge in [-0.15, -0.1) is 0 Å². The Balaban J connectivity index is 2.03. The Bertz CT molecular complexity index is 1060. The zero-order valence-corrected chi connectivity index (χ0v) is 15.0. The molecule has 134 valence electrons. The molecule has 0 radical (unpaired) electrons. The second-order valence-electron chi connectivity index (χ2n) is 5.97. The third kappa shape index (κ3) is 3.91. The van der Waals surface area contributed by atoms with E-state index < -0.39 is 21.5 Å². The number of ether oxygens (including phenoxy) is 1. The molecule has 0 bridgehead atoms. The quantitative estimate of drug-likeness (QED) is 0.635. The highest BCUT2D eigenvalue weighted by Gasteiger charge is 2.13. The van der Waals surface area contributed by atoms with Crippen LogP contribution in [0.3, 0.4) is 0 Å². The molecule has 0 heterocycles. The van der Waals surface area contributed by atoms with Crippen LogP contribution in [0.4, 0.5) is 8.78 Å². The van der Waals surface area contributed by atoms with Crippen molar-refractivity contribution < 1.29 is 21.9 Å². The molecule has 0 fully saturated rings. The van der Waals surface area contributed by atoms with Crippen molar-refractivity contribution in [2.75, 3.05) is 6.26 Å². The Labute approximate surface area is 150 Å². The van der Waals surface area contributed by atoms with Gasteiger partial charge in [-0.3, -0.25) is 0 Å². The molecule has 3 aromatic rings. The lowest BCUT2D eigenvalue weighted by Crippen LogP contribution is -1.97. The van der Waals surface area contributed by atoms with Gasteiger partial charge >= 0.3 is 0 Å². The summed E-state index contributed by atoms with van der Waals surface area (Å²) in [6, 6.07) is 14.9. The number of benzene rings is 3. The van der Waals surface area contributed by atoms with Crippen LogP contribution in [0, 0.1) is 18.6 Å². The van der Waals surface area contributed by atoms with Crippen molar-refractivity contribution in [1.29, 1.82) is 0 Å². The molecule has 0 N–H and O–H groups in total. The number of aryl methyl sites for hydroxylation is 1. The Morgan fingerprint density at radius 1 is 0.846 bits per heavy atom. The Hall–Kier alpha value is -2.73. The first kappa shape index (κ1) is 18.1. The monoisotopic (exact) mass is 374 g/mol. The summed E-state index contributed by atoms with van der Waals surface area (Å²) in [6.45, 7) is 1.87. The van der Waals surface area contributed by atoms with E-state index in [9.17, 15) is 17.2 Å². The van der Waals surface area contributed by atoms with Crippen LogP contribution in [0.5, 0.6) is 11.5 Å². The maximum atomic E-state index is 13.9. The summed E-state index contributed by atoms with van der Waals surface area (Å²) >= 11 is 0. The van der Waals surface area contributed by atoms with E-state index in [0.29, 0.717) is 11.3 Å². The topological polar surface area (TPSA) is 43.4 Å². The van der Waals surface area contributed by atoms with Gasteiger partial charge in [0.05, 0.1) is 4.90 Å². The van der Waals surface area contributed by atoms with Gasteiger partial charge in [0.15, 0.2) is 21.4 Å². The molecule has 0 saturated heterocycles. The van der Waals surface area contributed by atoms with E-state index in [4.69, 9.17) is 4.74 Å². The van der Waals surface area contributed by atoms with E-state index in [1.807, 2.05) is 19.1 Å². The van der Waals surface area contributed by atoms with Gasteiger partial charge in [-0.25, -0.2) is 17.2 Å². The summed E-state index contributed by atoms with van der Waals surface area (Å²) in [5.74, 6) is -1.19. The van der Waals surface area contributed by atoms with Gasteiger partial charge in [0.25, 0.3) is 0 Å². The fraction of sp³-hybridized carbons (Fsp3) is 0.100. The van der Waals surface area contributed by atoms with Gasteiger partial charge in [0, 0.05) is 17.9 Å². The second-order valence-corrected chi connectivity index (χ2v) is 7.99. The minimum absolute atomic E-state index is 0.0917. The number of halogens is 2. The molecule has 0 spiro atoms. The van der Waals surface area contributed by atoms with Gasteiger partial charge < -0.3 is 4.74 Å². The molecule has 0 aliphatic rings. The van der Waals surface area contributed by atoms with Crippen molar-refractivity contribution in [2.45, 2.75) is 11.8 Å². The molecule has 0 aromatic heterocycles. The van der Waals surface area contributed by atoms with Crippen LogP contribution >= 0.6 is 0 Å². The smallest absolute Gasteiger partial charge is 0.175 e. The average molecular weight is 374 g/mol. The van der Waals surface area contributed by atoms with E-state index in [1.54, 1.807) is 18.2 Å². The van der Waals surface area contributed by atoms with Crippen molar-refractivity contribution in [2.24, 2.45) is 0 Å². The van der Waals surface area contributed by atoms with Gasteiger partial charge in [0.1, 0.15) is 11.6 Å². The average Bonchev–Trinajstić information content (AvgIpc) is 2.57. The Kier molecular flexibility index (Phi) is 4.78. The lowest BCUT2D eigenvalue weighted by Gasteiger charge is -2.13. The predicted molar refractivity (Wildman–Crippen MR) is 96.2 cm³/mol. The normalized spacial score (nSPS) is 11.4. The fourth-order valence-electron chi connectivity index (χ4n) is 2.51. The molecule has 0 saturated carbocycles. The van der Waals surface area contributed by atoms with Crippen LogP contribution in [0.1, 0.15) is 5.56 Å². The highest BCUT2D eigenvalue weighted by atomic mass is 32.2. The van der Waals surface area contributed by atoms with Gasteiger partial charge in [-0.1, -0.05) is 24.3 Å². The molecule has 6 heteroatoms. The lowest BCUT2D eigenvalue weighted by atomic mass is 10.0. The predicted octanol–water partition coefficient (Wildman–Crippen LogP) is 5.14. The summed E-state index contributed by atoms with van der Waals surface area (Å²) in [4.78, 5) is 0.209. The molecule has 3 nitrogen and oxygen atoms in total. The third-order valence-electron chi connectivity index (χ3n) is 3.84. The van der Waals surface area contributed by atoms with Gasteiger partial charge in [-0.2, -0.15) is 0 Å². The molecule has 0 amide bonds. The number of sulfone groups is 1. The van der Waals surface area contributed by atoms with Crippen LogP contribution in [0.25, 0.3) is 11.1 Å². The maximum absolute atomic E-state index is 13.9. The van der Waals surface area contributed by atoms with Gasteiger partial charge in [0.2, 0.25) is 0 Å². The number of hydrogen-bond acceptors (Lipinski definition) is 3. The van der Waals surface area contributed by atoms with Crippen molar-refractivity contribution >= 4 is 9.84 Å². The van der Waals surface area contributed by atoms with E-state index in [0.717, 1.165) is 29.5 Å². The standard InChI is InChI=1S/C20H16F2O3S/c1-13-3-9-17(14-4-7-16(8-5-14)26(2,23)24)20(11-13)25-19-10-6-15(21)12-18(19)22/h3-12H,1-2H3. The zero-order chi connectivity index (χ0) is 18.9. The molecule has 0 atom stereocenters. The number of rotatable bonds is 4. The van der Waals surface area contributed by atoms with Crippen LogP contribution in [-0.4, -0.2) is 14.7 Å². The first-order valence-electron chi connectivity index (χ1n) is 7.78. The summed E-state index contributed by atoms with van der Waals surface area (Å²) in [7, 11) is -3.29. The Morgan fingerprint density at radius 3 is 2.15 bits per heavy atom. The first-order valence-corrected chi connectivity index (χ1v) is 9.67. The van der Waals surface area contributed by atoms with Gasteiger partial charge in [-0.05, 0) is 48.4 Å². The summed E-state index contributed by atoms with van der Waals surface area (Å²) in [6.07, 6.45) is 1.14. The van der Waals surface area contributed by atoms with Crippen LogP contribution < -0.4 is 4.74 Å². The van der Waals surface area contributed by atoms with Crippen LogP contribution in [0.15, 0.2) is 65.6 Å². The molecule has 0 aliphatic heterocycles. The van der Waals surface area contributed by atoms with E-state index in [1.165, 1.54) is 18.2 Å². The van der Waals surface area contributed by atoms with Crippen molar-refractivity contribution in [3.63, 3.8) is 0 Å². The molecular formula is C20H16F2O3S. The SMILES string of the molecule is Cc1ccc(-c2ccc(S(C)(=O)=O)cc2)c(Oc2ccc(F)cc2F)c1. The number of hydrogen-bond donors (Lipinski definition) is 0. The largest absolute Gasteiger partial charge is 0.454 e. The summed E-state index contributed by atoms with van der Waals surface area (Å²) in [5.41, 5.74) is 2.29. The maximum Gasteiger partial charge on any atom is 0.175 e. The lowest BCUT2D eigenvalue weighted by molar-refractivity contribution is 0.439. The van der Waals surface area contributed by atoms with Crippen molar-refractivity contribution in [1.82, 2.24) is 0 Å². The van der Waals surface area contributed by atoms with Crippen LogP contribution in [-0.2, 0) is 9.84 Å². The molecule has 3 aromatic carbocycles. The minimum atomic E-state index is -3.29. The molecule has 3 rings (SSSR count). The highest BCUT2D eigenvalue weighted by molar-refractivity contribution is 7.90. The zero-order valence-electron chi connectivity index (χ0n) is 14.2. The van der Waals surface area contributed by atoms with E-state index in [2.05, 4.69) is 0 Å². The second kappa shape index (κ2) is 6.88. The molecule has 26 heavy (non-hydrogen) atoms. The fourth-order valence-corrected chi connectivity index (χ4v) is 3.14. The van der Waals surface area contributed by atoms with E-state index >= 15 is 0 Å². The summed E-state index contributed by atoms with van der Waals surface area (Å²) < 4.78 is 55.9. The van der Waals surface area contributed by atoms with E-state index in [-0.39, 0.29) is 10.6 Å². The minimum Gasteiger partial charge on any atom is -0.454 e. The Morgan fingerprint density at radius 2 is 1.54 bits per heavy atom. The molecular weight excluding hydrogens is 358 g/mol. The highest BCUT2D eigenvalue weighted by Crippen LogP contribution is 2.35. The van der Waals surface area contributed by atoms with Crippen molar-refractivity contribution in [3.8, 4) is 22.6 Å². The first-order chi connectivity index (χ1) is 12.2. The molecule has 0 aliphatic carbocycles. The molecule has 0 unspecified atom stereocenters. The van der Waals surface area contributed by atoms with Crippen LogP contribution in [0.2, 0.25) is 0 Å². The third-order valence-corrected chi connectivity index (χ3v) is 4.97.